The Bertz CT molecular complexity index is 401. The van der Waals surface area contributed by atoms with Crippen LogP contribution in [0.1, 0.15) is 37.4 Å². The van der Waals surface area contributed by atoms with Crippen molar-refractivity contribution in [1.29, 1.82) is 0 Å². The molecule has 16 heavy (non-hydrogen) atoms. The maximum atomic E-state index is 11.3. The molecule has 3 heteroatoms. The summed E-state index contributed by atoms with van der Waals surface area (Å²) in [5.74, 6) is 0. The molecule has 0 unspecified atom stereocenters. The first-order valence-corrected chi connectivity index (χ1v) is 5.70. The molecule has 0 spiro atoms. The van der Waals surface area contributed by atoms with Gasteiger partial charge < -0.3 is 5.11 Å². The van der Waals surface area contributed by atoms with Crippen LogP contribution in [0.4, 0.5) is 4.79 Å². The van der Waals surface area contributed by atoms with Gasteiger partial charge in [-0.05, 0) is 37.8 Å². The van der Waals surface area contributed by atoms with Crippen LogP contribution in [0.25, 0.3) is 0 Å². The largest absolute Gasteiger partial charge is 0.465 e. The van der Waals surface area contributed by atoms with E-state index in [-0.39, 0.29) is 12.1 Å². The Kier molecular flexibility index (Phi) is 2.86. The summed E-state index contributed by atoms with van der Waals surface area (Å²) in [5, 5.41) is 9.26. The van der Waals surface area contributed by atoms with Crippen molar-refractivity contribution in [3.05, 3.63) is 35.4 Å². The highest BCUT2D eigenvalue weighted by Gasteiger charge is 2.32. The number of hydrogen-bond acceptors (Lipinski definition) is 1. The molecule has 0 aromatic heterocycles. The predicted octanol–water partition coefficient (Wildman–Crippen LogP) is 3.06. The fourth-order valence-corrected chi connectivity index (χ4v) is 2.54. The van der Waals surface area contributed by atoms with Gasteiger partial charge in [-0.1, -0.05) is 24.3 Å². The molecular weight excluding hydrogens is 202 g/mol. The van der Waals surface area contributed by atoms with Crippen LogP contribution >= 0.6 is 0 Å². The molecule has 1 N–H and O–H groups in total. The van der Waals surface area contributed by atoms with E-state index in [1.54, 1.807) is 4.90 Å². The minimum Gasteiger partial charge on any atom is -0.465 e. The second-order valence-corrected chi connectivity index (χ2v) is 4.54. The lowest BCUT2D eigenvalue weighted by atomic mass is 10.1. The number of nitrogens with zero attached hydrogens (tertiary/aromatic N) is 1. The summed E-state index contributed by atoms with van der Waals surface area (Å²) in [6, 6.07) is 8.20. The average Bonchev–Trinajstić information content (AvgIpc) is 2.61. The van der Waals surface area contributed by atoms with Gasteiger partial charge in [0.2, 0.25) is 0 Å². The zero-order valence-electron chi connectivity index (χ0n) is 9.68. The smallest absolute Gasteiger partial charge is 0.408 e. The Morgan fingerprint density at radius 3 is 2.75 bits per heavy atom. The molecule has 1 amide bonds. The molecule has 86 valence electrons. The highest BCUT2D eigenvalue weighted by molar-refractivity contribution is 5.66. The van der Waals surface area contributed by atoms with Gasteiger partial charge in [-0.3, -0.25) is 4.90 Å². The molecule has 1 aliphatic carbocycles. The minimum atomic E-state index is -0.822. The van der Waals surface area contributed by atoms with Crippen molar-refractivity contribution in [1.82, 2.24) is 4.90 Å². The van der Waals surface area contributed by atoms with Gasteiger partial charge in [0.05, 0.1) is 6.04 Å². The highest BCUT2D eigenvalue weighted by atomic mass is 16.4. The summed E-state index contributed by atoms with van der Waals surface area (Å²) in [5.41, 5.74) is 2.47. The van der Waals surface area contributed by atoms with E-state index in [1.807, 2.05) is 32.0 Å². The molecular formula is C13H17NO2. The molecule has 0 radical (unpaired) electrons. The second kappa shape index (κ2) is 4.16. The minimum absolute atomic E-state index is 0.0219. The maximum Gasteiger partial charge on any atom is 0.408 e. The average molecular weight is 219 g/mol. The van der Waals surface area contributed by atoms with E-state index >= 15 is 0 Å². The van der Waals surface area contributed by atoms with E-state index in [9.17, 15) is 9.90 Å². The fourth-order valence-electron chi connectivity index (χ4n) is 2.54. The van der Waals surface area contributed by atoms with Crippen LogP contribution < -0.4 is 0 Å². The van der Waals surface area contributed by atoms with Crippen molar-refractivity contribution in [2.45, 2.75) is 38.8 Å². The van der Waals surface area contributed by atoms with E-state index in [2.05, 4.69) is 6.07 Å². The predicted molar refractivity (Wildman–Crippen MR) is 62.5 cm³/mol. The fraction of sp³-hybridized carbons (Fsp3) is 0.462. The third-order valence-electron chi connectivity index (χ3n) is 3.21. The van der Waals surface area contributed by atoms with Gasteiger partial charge in [0.25, 0.3) is 0 Å². The van der Waals surface area contributed by atoms with Crippen molar-refractivity contribution in [2.24, 2.45) is 0 Å². The molecule has 0 bridgehead atoms. The van der Waals surface area contributed by atoms with Gasteiger partial charge in [-0.15, -0.1) is 0 Å². The molecule has 0 saturated carbocycles. The Morgan fingerprint density at radius 1 is 1.44 bits per heavy atom. The van der Waals surface area contributed by atoms with Crippen LogP contribution in [-0.2, 0) is 6.42 Å². The summed E-state index contributed by atoms with van der Waals surface area (Å²) in [4.78, 5) is 12.8. The van der Waals surface area contributed by atoms with Crippen LogP contribution in [-0.4, -0.2) is 22.1 Å². The molecule has 3 nitrogen and oxygen atoms in total. The molecule has 2 rings (SSSR count). The van der Waals surface area contributed by atoms with Gasteiger partial charge in [-0.2, -0.15) is 0 Å². The third kappa shape index (κ3) is 1.77. The van der Waals surface area contributed by atoms with Crippen LogP contribution in [0.5, 0.6) is 0 Å². The monoisotopic (exact) mass is 219 g/mol. The normalized spacial score (nSPS) is 18.6. The van der Waals surface area contributed by atoms with E-state index in [4.69, 9.17) is 0 Å². The van der Waals surface area contributed by atoms with Gasteiger partial charge >= 0.3 is 6.09 Å². The van der Waals surface area contributed by atoms with Crippen molar-refractivity contribution >= 4 is 6.09 Å². The zero-order valence-corrected chi connectivity index (χ0v) is 9.68. The van der Waals surface area contributed by atoms with Gasteiger partial charge in [0.15, 0.2) is 0 Å². The van der Waals surface area contributed by atoms with Gasteiger partial charge in [0.1, 0.15) is 0 Å². The number of carboxylic acid groups (broad SMARTS) is 1. The summed E-state index contributed by atoms with van der Waals surface area (Å²) in [7, 11) is 0. The Hall–Kier alpha value is -1.51. The zero-order chi connectivity index (χ0) is 11.7. The number of fused-ring (bicyclic) bond motifs is 1. The standard InChI is InChI=1S/C13H17NO2/c1-9(2)14(13(15)16)12-8-7-10-5-3-4-6-11(10)12/h3-6,9,12H,7-8H2,1-2H3,(H,15,16)/t12-/m1/s1. The molecule has 1 aromatic carbocycles. The van der Waals surface area contributed by atoms with Crippen LogP contribution in [0.15, 0.2) is 24.3 Å². The first-order chi connectivity index (χ1) is 7.61. The Labute approximate surface area is 95.7 Å². The van der Waals surface area contributed by atoms with E-state index in [1.165, 1.54) is 11.1 Å². The molecule has 1 aromatic rings. The number of hydrogen-bond donors (Lipinski definition) is 1. The molecule has 0 saturated heterocycles. The Morgan fingerprint density at radius 2 is 2.12 bits per heavy atom. The lowest BCUT2D eigenvalue weighted by Gasteiger charge is -2.30. The second-order valence-electron chi connectivity index (χ2n) is 4.54. The highest BCUT2D eigenvalue weighted by Crippen LogP contribution is 2.36. The van der Waals surface area contributed by atoms with Gasteiger partial charge in [-0.25, -0.2) is 4.79 Å². The number of carbonyl (C=O) groups is 1. The molecule has 0 heterocycles. The van der Waals surface area contributed by atoms with Crippen LogP contribution in [0.2, 0.25) is 0 Å². The number of benzene rings is 1. The lowest BCUT2D eigenvalue weighted by molar-refractivity contribution is 0.107. The first-order valence-electron chi connectivity index (χ1n) is 5.70. The number of rotatable bonds is 2. The third-order valence-corrected chi connectivity index (χ3v) is 3.21. The van der Waals surface area contributed by atoms with E-state index in [0.717, 1.165) is 12.8 Å². The van der Waals surface area contributed by atoms with Crippen molar-refractivity contribution in [3.63, 3.8) is 0 Å². The summed E-state index contributed by atoms with van der Waals surface area (Å²) < 4.78 is 0. The molecule has 0 fully saturated rings. The Balaban J connectivity index is 2.33. The summed E-state index contributed by atoms with van der Waals surface area (Å²) >= 11 is 0. The van der Waals surface area contributed by atoms with Crippen LogP contribution in [0, 0.1) is 0 Å². The van der Waals surface area contributed by atoms with Crippen molar-refractivity contribution in [2.75, 3.05) is 0 Å². The summed E-state index contributed by atoms with van der Waals surface area (Å²) in [6.07, 6.45) is 1.07. The summed E-state index contributed by atoms with van der Waals surface area (Å²) in [6.45, 7) is 3.85. The van der Waals surface area contributed by atoms with Gasteiger partial charge in [0, 0.05) is 6.04 Å². The van der Waals surface area contributed by atoms with Crippen molar-refractivity contribution in [3.8, 4) is 0 Å². The molecule has 1 atom stereocenters. The number of aryl methyl sites for hydroxylation is 1. The molecule has 1 aliphatic rings. The lowest BCUT2D eigenvalue weighted by Crippen LogP contribution is -2.38. The van der Waals surface area contributed by atoms with Crippen LogP contribution in [0.3, 0.4) is 0 Å². The van der Waals surface area contributed by atoms with E-state index in [0.29, 0.717) is 0 Å². The number of amides is 1. The first kappa shape index (κ1) is 11.0. The quantitative estimate of drug-likeness (QED) is 0.830. The topological polar surface area (TPSA) is 40.5 Å². The SMILES string of the molecule is CC(C)N(C(=O)O)[C@@H]1CCc2ccccc21. The van der Waals surface area contributed by atoms with Crippen molar-refractivity contribution < 1.29 is 9.90 Å². The maximum absolute atomic E-state index is 11.3. The molecule has 0 aliphatic heterocycles. The van der Waals surface area contributed by atoms with E-state index < -0.39 is 6.09 Å².